The van der Waals surface area contributed by atoms with Gasteiger partial charge < -0.3 is 9.42 Å². The van der Waals surface area contributed by atoms with E-state index in [9.17, 15) is 9.18 Å². The van der Waals surface area contributed by atoms with E-state index in [0.29, 0.717) is 24.3 Å². The monoisotopic (exact) mass is 365 g/mol. The van der Waals surface area contributed by atoms with Gasteiger partial charge in [-0.1, -0.05) is 35.5 Å². The van der Waals surface area contributed by atoms with Crippen molar-refractivity contribution in [2.75, 3.05) is 26.2 Å². The molecule has 0 bridgehead atoms. The van der Waals surface area contributed by atoms with E-state index in [2.05, 4.69) is 22.2 Å². The summed E-state index contributed by atoms with van der Waals surface area (Å²) in [6.07, 6.45) is 0. The number of nitrogens with zero attached hydrogens (tertiary/aromatic N) is 3. The van der Waals surface area contributed by atoms with Crippen molar-refractivity contribution in [2.24, 2.45) is 0 Å². The summed E-state index contributed by atoms with van der Waals surface area (Å²) in [6, 6.07) is 17.9. The Hall–Kier alpha value is -2.99. The minimum absolute atomic E-state index is 0.157. The second-order valence-corrected chi connectivity index (χ2v) is 6.64. The molecule has 0 unspecified atom stereocenters. The van der Waals surface area contributed by atoms with E-state index < -0.39 is 0 Å². The SMILES string of the molecule is O=C(c1cc(-c2ccc(F)cc2)no1)N1CCN(Cc2ccccc2)CC1. The number of carbonyl (C=O) groups is 1. The molecule has 27 heavy (non-hydrogen) atoms. The van der Waals surface area contributed by atoms with E-state index >= 15 is 0 Å². The van der Waals surface area contributed by atoms with Gasteiger partial charge in [-0.25, -0.2) is 4.39 Å². The zero-order valence-electron chi connectivity index (χ0n) is 14.8. The Morgan fingerprint density at radius 3 is 2.41 bits per heavy atom. The zero-order valence-corrected chi connectivity index (χ0v) is 14.8. The fourth-order valence-corrected chi connectivity index (χ4v) is 3.24. The Kier molecular flexibility index (Phi) is 4.98. The fourth-order valence-electron chi connectivity index (χ4n) is 3.24. The van der Waals surface area contributed by atoms with E-state index in [1.165, 1.54) is 17.7 Å². The highest BCUT2D eigenvalue weighted by molar-refractivity contribution is 5.92. The average molecular weight is 365 g/mol. The molecule has 1 amide bonds. The molecule has 1 fully saturated rings. The Balaban J connectivity index is 1.36. The standard InChI is InChI=1S/C21H20FN3O2/c22-18-8-6-17(7-9-18)19-14-20(27-23-19)21(26)25-12-10-24(11-13-25)15-16-4-2-1-3-5-16/h1-9,14H,10-13,15H2. The highest BCUT2D eigenvalue weighted by atomic mass is 19.1. The maximum absolute atomic E-state index is 13.0. The van der Waals surface area contributed by atoms with Crippen LogP contribution in [0.5, 0.6) is 0 Å². The second-order valence-electron chi connectivity index (χ2n) is 6.64. The molecule has 2 heterocycles. The second kappa shape index (κ2) is 7.72. The molecule has 0 spiro atoms. The zero-order chi connectivity index (χ0) is 18.6. The van der Waals surface area contributed by atoms with Gasteiger partial charge in [-0.2, -0.15) is 0 Å². The van der Waals surface area contributed by atoms with Crippen molar-refractivity contribution in [2.45, 2.75) is 6.54 Å². The first-order valence-corrected chi connectivity index (χ1v) is 8.97. The first kappa shape index (κ1) is 17.4. The lowest BCUT2D eigenvalue weighted by Crippen LogP contribution is -2.48. The van der Waals surface area contributed by atoms with Crippen molar-refractivity contribution in [1.82, 2.24) is 15.0 Å². The average Bonchev–Trinajstić information content (AvgIpc) is 3.20. The molecule has 6 heteroatoms. The Bertz CT molecular complexity index is 901. The fraction of sp³-hybridized carbons (Fsp3) is 0.238. The molecule has 0 atom stereocenters. The molecule has 5 nitrogen and oxygen atoms in total. The Morgan fingerprint density at radius 1 is 1.00 bits per heavy atom. The van der Waals surface area contributed by atoms with E-state index in [4.69, 9.17) is 4.52 Å². The van der Waals surface area contributed by atoms with Crippen molar-refractivity contribution < 1.29 is 13.7 Å². The van der Waals surface area contributed by atoms with Crippen molar-refractivity contribution in [3.8, 4) is 11.3 Å². The quantitative estimate of drug-likeness (QED) is 0.711. The number of rotatable bonds is 4. The van der Waals surface area contributed by atoms with Gasteiger partial charge in [0.2, 0.25) is 5.76 Å². The van der Waals surface area contributed by atoms with Crippen LogP contribution >= 0.6 is 0 Å². The van der Waals surface area contributed by atoms with Gasteiger partial charge in [0.1, 0.15) is 11.5 Å². The largest absolute Gasteiger partial charge is 0.350 e. The smallest absolute Gasteiger partial charge is 0.292 e. The third-order valence-electron chi connectivity index (χ3n) is 4.77. The van der Waals surface area contributed by atoms with E-state index in [-0.39, 0.29) is 17.5 Å². The van der Waals surface area contributed by atoms with Crippen LogP contribution < -0.4 is 0 Å². The van der Waals surface area contributed by atoms with Crippen LogP contribution in [0.2, 0.25) is 0 Å². The first-order valence-electron chi connectivity index (χ1n) is 8.97. The summed E-state index contributed by atoms with van der Waals surface area (Å²) in [7, 11) is 0. The topological polar surface area (TPSA) is 49.6 Å². The lowest BCUT2D eigenvalue weighted by molar-refractivity contribution is 0.0589. The number of carbonyl (C=O) groups excluding carboxylic acids is 1. The molecule has 4 rings (SSSR count). The van der Waals surface area contributed by atoms with Crippen LogP contribution in [-0.4, -0.2) is 47.0 Å². The van der Waals surface area contributed by atoms with Crippen LogP contribution in [0, 0.1) is 5.82 Å². The maximum Gasteiger partial charge on any atom is 0.292 e. The number of halogens is 1. The molecule has 1 saturated heterocycles. The molecular weight excluding hydrogens is 345 g/mol. The predicted octanol–water partition coefficient (Wildman–Crippen LogP) is 3.44. The van der Waals surface area contributed by atoms with Crippen LogP contribution in [0.1, 0.15) is 16.1 Å². The molecule has 0 radical (unpaired) electrons. The summed E-state index contributed by atoms with van der Waals surface area (Å²) in [4.78, 5) is 16.8. The molecule has 1 aliphatic heterocycles. The number of hydrogen-bond donors (Lipinski definition) is 0. The lowest BCUT2D eigenvalue weighted by Gasteiger charge is -2.34. The van der Waals surface area contributed by atoms with Gasteiger partial charge in [0, 0.05) is 44.4 Å². The number of hydrogen-bond acceptors (Lipinski definition) is 4. The van der Waals surface area contributed by atoms with Crippen LogP contribution in [0.15, 0.2) is 65.2 Å². The molecule has 0 aliphatic carbocycles. The van der Waals surface area contributed by atoms with Gasteiger partial charge in [-0.3, -0.25) is 9.69 Å². The highest BCUT2D eigenvalue weighted by Gasteiger charge is 2.25. The summed E-state index contributed by atoms with van der Waals surface area (Å²) in [5.41, 5.74) is 2.52. The molecule has 0 N–H and O–H groups in total. The van der Waals surface area contributed by atoms with Gasteiger partial charge in [0.15, 0.2) is 0 Å². The Labute approximate surface area is 157 Å². The maximum atomic E-state index is 13.0. The van der Waals surface area contributed by atoms with Crippen molar-refractivity contribution in [1.29, 1.82) is 0 Å². The summed E-state index contributed by atoms with van der Waals surface area (Å²) < 4.78 is 18.3. The van der Waals surface area contributed by atoms with E-state index in [1.54, 1.807) is 23.1 Å². The molecule has 2 aromatic carbocycles. The summed E-state index contributed by atoms with van der Waals surface area (Å²) in [6.45, 7) is 3.83. The molecule has 1 aliphatic rings. The van der Waals surface area contributed by atoms with Crippen molar-refractivity contribution in [3.63, 3.8) is 0 Å². The lowest BCUT2D eigenvalue weighted by atomic mass is 10.1. The van der Waals surface area contributed by atoms with Crippen LogP contribution in [0.25, 0.3) is 11.3 Å². The number of piperazine rings is 1. The van der Waals surface area contributed by atoms with Gasteiger partial charge in [0.25, 0.3) is 5.91 Å². The minimum Gasteiger partial charge on any atom is -0.350 e. The van der Waals surface area contributed by atoms with E-state index in [1.807, 2.05) is 18.2 Å². The number of aromatic nitrogens is 1. The van der Waals surface area contributed by atoms with Crippen LogP contribution in [-0.2, 0) is 6.54 Å². The third kappa shape index (κ3) is 4.06. The molecule has 0 saturated carbocycles. The third-order valence-corrected chi connectivity index (χ3v) is 4.77. The molecule has 138 valence electrons. The van der Waals surface area contributed by atoms with Gasteiger partial charge in [0.05, 0.1) is 0 Å². The van der Waals surface area contributed by atoms with Crippen LogP contribution in [0.4, 0.5) is 4.39 Å². The molecule has 1 aromatic heterocycles. The normalized spacial score (nSPS) is 15.1. The number of amides is 1. The molecule has 3 aromatic rings. The van der Waals surface area contributed by atoms with Gasteiger partial charge in [-0.05, 0) is 29.8 Å². The van der Waals surface area contributed by atoms with Gasteiger partial charge in [-0.15, -0.1) is 0 Å². The summed E-state index contributed by atoms with van der Waals surface area (Å²) in [5, 5.41) is 3.95. The Morgan fingerprint density at radius 2 is 1.70 bits per heavy atom. The predicted molar refractivity (Wildman–Crippen MR) is 99.5 cm³/mol. The van der Waals surface area contributed by atoms with Crippen molar-refractivity contribution >= 4 is 5.91 Å². The highest BCUT2D eigenvalue weighted by Crippen LogP contribution is 2.21. The van der Waals surface area contributed by atoms with Gasteiger partial charge >= 0.3 is 0 Å². The van der Waals surface area contributed by atoms with Crippen LogP contribution in [0.3, 0.4) is 0 Å². The summed E-state index contributed by atoms with van der Waals surface area (Å²) >= 11 is 0. The van der Waals surface area contributed by atoms with E-state index in [0.717, 1.165) is 19.6 Å². The van der Waals surface area contributed by atoms with Crippen molar-refractivity contribution in [3.05, 3.63) is 77.8 Å². The minimum atomic E-state index is -0.313. The first-order chi connectivity index (χ1) is 13.2. The number of benzene rings is 2. The summed E-state index contributed by atoms with van der Waals surface area (Å²) in [5.74, 6) is -0.257. The molecular formula is C21H20FN3O2.